The van der Waals surface area contributed by atoms with Crippen LogP contribution in [0.2, 0.25) is 0 Å². The lowest BCUT2D eigenvalue weighted by atomic mass is 10.2. The molecule has 3 nitrogen and oxygen atoms in total. The smallest absolute Gasteiger partial charge is 0.264 e. The van der Waals surface area contributed by atoms with Crippen LogP contribution in [0.5, 0.6) is 0 Å². The fourth-order valence-corrected chi connectivity index (χ4v) is 3.20. The van der Waals surface area contributed by atoms with Gasteiger partial charge in [0, 0.05) is 4.90 Å². The lowest BCUT2D eigenvalue weighted by Gasteiger charge is -1.97. The minimum absolute atomic E-state index is 0.103. The number of carbonyl (C=O) groups excluding carboxylic acids is 1. The molecule has 1 fully saturated rings. The molecule has 0 bridgehead atoms. The monoisotopic (exact) mass is 326 g/mol. The van der Waals surface area contributed by atoms with Crippen molar-refractivity contribution < 1.29 is 4.79 Å². The summed E-state index contributed by atoms with van der Waals surface area (Å²) in [6.07, 6.45) is 3.93. The van der Waals surface area contributed by atoms with E-state index in [1.165, 1.54) is 16.7 Å². The van der Waals surface area contributed by atoms with Gasteiger partial charge in [0.05, 0.1) is 10.6 Å². The number of rotatable bonds is 3. The van der Waals surface area contributed by atoms with E-state index in [2.05, 4.69) is 10.3 Å². The number of amides is 1. The van der Waals surface area contributed by atoms with Crippen molar-refractivity contribution in [3.05, 3.63) is 65.1 Å². The predicted octanol–water partition coefficient (Wildman–Crippen LogP) is 4.30. The zero-order valence-corrected chi connectivity index (χ0v) is 13.6. The number of aliphatic imine (C=N–C) groups is 1. The number of para-hydroxylation sites is 1. The molecule has 1 N–H and O–H groups in total. The summed E-state index contributed by atoms with van der Waals surface area (Å²) in [4.78, 5) is 18.3. The second-order valence-electron chi connectivity index (χ2n) is 4.59. The van der Waals surface area contributed by atoms with Gasteiger partial charge in [0.15, 0.2) is 5.17 Å². The zero-order chi connectivity index (χ0) is 15.4. The largest absolute Gasteiger partial charge is 0.300 e. The van der Waals surface area contributed by atoms with E-state index in [1.54, 1.807) is 11.8 Å². The van der Waals surface area contributed by atoms with Gasteiger partial charge in [-0.25, -0.2) is 4.99 Å². The predicted molar refractivity (Wildman–Crippen MR) is 95.5 cm³/mol. The van der Waals surface area contributed by atoms with Crippen LogP contribution < -0.4 is 5.32 Å². The molecule has 0 spiro atoms. The first-order chi connectivity index (χ1) is 10.7. The first-order valence-corrected chi connectivity index (χ1v) is 8.77. The van der Waals surface area contributed by atoms with E-state index in [-0.39, 0.29) is 5.91 Å². The standard InChI is InChI=1S/C17H14N2OS2/c1-21-14-9-7-12(8-10-14)11-15-16(20)19-17(22-15)18-13-5-3-2-4-6-13/h2-11H,1H3,(H,18,19,20)/b15-11-. The van der Waals surface area contributed by atoms with Crippen LogP contribution >= 0.6 is 23.5 Å². The highest BCUT2D eigenvalue weighted by atomic mass is 32.2. The van der Waals surface area contributed by atoms with Crippen LogP contribution in [0.15, 0.2) is 69.4 Å². The molecule has 0 aromatic heterocycles. The lowest BCUT2D eigenvalue weighted by Crippen LogP contribution is -2.19. The van der Waals surface area contributed by atoms with E-state index >= 15 is 0 Å². The molecule has 0 atom stereocenters. The minimum atomic E-state index is -0.103. The van der Waals surface area contributed by atoms with Crippen molar-refractivity contribution in [2.45, 2.75) is 4.90 Å². The molecule has 22 heavy (non-hydrogen) atoms. The van der Waals surface area contributed by atoms with Crippen molar-refractivity contribution in [3.8, 4) is 0 Å². The first kappa shape index (κ1) is 14.9. The average molecular weight is 326 g/mol. The minimum Gasteiger partial charge on any atom is -0.300 e. The molecule has 3 rings (SSSR count). The molecule has 110 valence electrons. The molecular weight excluding hydrogens is 312 g/mol. The van der Waals surface area contributed by atoms with Crippen LogP contribution in [0.4, 0.5) is 5.69 Å². The summed E-state index contributed by atoms with van der Waals surface area (Å²) in [6.45, 7) is 0. The van der Waals surface area contributed by atoms with Crippen molar-refractivity contribution >= 4 is 46.4 Å². The van der Waals surface area contributed by atoms with Crippen molar-refractivity contribution in [3.63, 3.8) is 0 Å². The summed E-state index contributed by atoms with van der Waals surface area (Å²) in [5.41, 5.74) is 1.84. The second-order valence-corrected chi connectivity index (χ2v) is 6.50. The Labute approximate surface area is 137 Å². The van der Waals surface area contributed by atoms with E-state index in [1.807, 2.05) is 66.9 Å². The Morgan fingerprint density at radius 2 is 1.82 bits per heavy atom. The van der Waals surface area contributed by atoms with Crippen molar-refractivity contribution in [2.24, 2.45) is 4.99 Å². The van der Waals surface area contributed by atoms with Crippen LogP contribution in [0.1, 0.15) is 5.56 Å². The van der Waals surface area contributed by atoms with Gasteiger partial charge in [-0.1, -0.05) is 30.3 Å². The number of nitrogens with zero attached hydrogens (tertiary/aromatic N) is 1. The summed E-state index contributed by atoms with van der Waals surface area (Å²) in [5.74, 6) is -0.103. The number of thioether (sulfide) groups is 2. The molecule has 0 unspecified atom stereocenters. The number of carbonyl (C=O) groups is 1. The Morgan fingerprint density at radius 3 is 2.50 bits per heavy atom. The molecule has 2 aromatic carbocycles. The van der Waals surface area contributed by atoms with Crippen LogP contribution in [-0.2, 0) is 4.79 Å². The molecule has 1 amide bonds. The molecule has 1 saturated heterocycles. The van der Waals surface area contributed by atoms with Crippen molar-refractivity contribution in [1.82, 2.24) is 5.32 Å². The maximum absolute atomic E-state index is 12.0. The van der Waals surface area contributed by atoms with E-state index in [9.17, 15) is 4.79 Å². The van der Waals surface area contributed by atoms with Gasteiger partial charge < -0.3 is 5.32 Å². The molecule has 5 heteroatoms. The van der Waals surface area contributed by atoms with Gasteiger partial charge in [-0.05, 0) is 53.9 Å². The molecule has 0 radical (unpaired) electrons. The number of hydrogen-bond acceptors (Lipinski definition) is 4. The normalized spacial score (nSPS) is 18.0. The summed E-state index contributed by atoms with van der Waals surface area (Å²) >= 11 is 3.06. The second kappa shape index (κ2) is 6.85. The maximum Gasteiger partial charge on any atom is 0.264 e. The third kappa shape index (κ3) is 3.61. The topological polar surface area (TPSA) is 41.5 Å². The molecular formula is C17H14N2OS2. The van der Waals surface area contributed by atoms with Crippen LogP contribution in [0, 0.1) is 0 Å². The van der Waals surface area contributed by atoms with E-state index < -0.39 is 0 Å². The Hall–Kier alpha value is -1.98. The van der Waals surface area contributed by atoms with Gasteiger partial charge in [0.25, 0.3) is 5.91 Å². The van der Waals surface area contributed by atoms with Gasteiger partial charge >= 0.3 is 0 Å². The molecule has 0 saturated carbocycles. The highest BCUT2D eigenvalue weighted by molar-refractivity contribution is 8.18. The number of nitrogens with one attached hydrogen (secondary N) is 1. The third-order valence-corrected chi connectivity index (χ3v) is 4.70. The van der Waals surface area contributed by atoms with Crippen molar-refractivity contribution in [2.75, 3.05) is 6.26 Å². The van der Waals surface area contributed by atoms with E-state index in [4.69, 9.17) is 0 Å². The first-order valence-electron chi connectivity index (χ1n) is 6.73. The molecule has 1 aliphatic heterocycles. The summed E-state index contributed by atoms with van der Waals surface area (Å²) in [7, 11) is 0. The van der Waals surface area contributed by atoms with E-state index in [0.29, 0.717) is 10.1 Å². The SMILES string of the molecule is CSc1ccc(/C=C2\SC(=Nc3ccccc3)NC2=O)cc1. The molecule has 1 heterocycles. The van der Waals surface area contributed by atoms with Crippen LogP contribution in [0.25, 0.3) is 6.08 Å². The summed E-state index contributed by atoms with van der Waals surface area (Å²) < 4.78 is 0. The molecule has 0 aliphatic carbocycles. The van der Waals surface area contributed by atoms with Crippen LogP contribution in [-0.4, -0.2) is 17.3 Å². The molecule has 2 aromatic rings. The fourth-order valence-electron chi connectivity index (χ4n) is 1.95. The fraction of sp³-hybridized carbons (Fsp3) is 0.0588. The Bertz CT molecular complexity index is 737. The number of benzene rings is 2. The Kier molecular flexibility index (Phi) is 4.65. The number of hydrogen-bond donors (Lipinski definition) is 1. The van der Waals surface area contributed by atoms with Gasteiger partial charge in [-0.2, -0.15) is 0 Å². The molecule has 1 aliphatic rings. The maximum atomic E-state index is 12.0. The quantitative estimate of drug-likeness (QED) is 0.675. The van der Waals surface area contributed by atoms with Crippen LogP contribution in [0.3, 0.4) is 0 Å². The Morgan fingerprint density at radius 1 is 1.09 bits per heavy atom. The summed E-state index contributed by atoms with van der Waals surface area (Å²) in [5, 5.41) is 3.41. The Balaban J connectivity index is 1.79. The summed E-state index contributed by atoms with van der Waals surface area (Å²) in [6, 6.07) is 17.7. The number of amidine groups is 1. The highest BCUT2D eigenvalue weighted by Gasteiger charge is 2.23. The van der Waals surface area contributed by atoms with Gasteiger partial charge in [-0.15, -0.1) is 11.8 Å². The lowest BCUT2D eigenvalue weighted by molar-refractivity contribution is -0.115. The third-order valence-electron chi connectivity index (χ3n) is 3.05. The zero-order valence-electron chi connectivity index (χ0n) is 11.9. The average Bonchev–Trinajstić information content (AvgIpc) is 2.88. The van der Waals surface area contributed by atoms with Gasteiger partial charge in [-0.3, -0.25) is 4.79 Å². The van der Waals surface area contributed by atoms with Gasteiger partial charge in [0.2, 0.25) is 0 Å². The highest BCUT2D eigenvalue weighted by Crippen LogP contribution is 2.28. The van der Waals surface area contributed by atoms with Gasteiger partial charge in [0.1, 0.15) is 0 Å². The van der Waals surface area contributed by atoms with E-state index in [0.717, 1.165) is 11.3 Å². The van der Waals surface area contributed by atoms with Crippen molar-refractivity contribution in [1.29, 1.82) is 0 Å².